The maximum atomic E-state index is 13.3. The summed E-state index contributed by atoms with van der Waals surface area (Å²) in [6.45, 7) is 6.23. The number of aromatic nitrogens is 1. The Hall–Kier alpha value is -1.22. The highest BCUT2D eigenvalue weighted by molar-refractivity contribution is 14.0. The van der Waals surface area contributed by atoms with Crippen LogP contribution in [0.1, 0.15) is 29.6 Å². The van der Waals surface area contributed by atoms with Crippen molar-refractivity contribution in [1.29, 1.82) is 0 Å². The van der Waals surface area contributed by atoms with Crippen LogP contribution < -0.4 is 5.32 Å². The van der Waals surface area contributed by atoms with Gasteiger partial charge in [0, 0.05) is 44.2 Å². The van der Waals surface area contributed by atoms with Crippen LogP contribution in [0, 0.1) is 12.7 Å². The lowest BCUT2D eigenvalue weighted by molar-refractivity contribution is 0.474. The molecule has 1 N–H and O–H groups in total. The van der Waals surface area contributed by atoms with Gasteiger partial charge in [-0.25, -0.2) is 9.37 Å². The Balaban J connectivity index is 0.00000312. The molecule has 1 heterocycles. The van der Waals surface area contributed by atoms with Crippen molar-refractivity contribution in [3.63, 3.8) is 0 Å². The molecule has 1 aromatic heterocycles. The van der Waals surface area contributed by atoms with Gasteiger partial charge in [-0.1, -0.05) is 12.1 Å². The van der Waals surface area contributed by atoms with Gasteiger partial charge in [0.05, 0.1) is 5.01 Å². The highest BCUT2D eigenvalue weighted by Crippen LogP contribution is 2.11. The van der Waals surface area contributed by atoms with Crippen molar-refractivity contribution < 1.29 is 4.39 Å². The average molecular weight is 476 g/mol. The molecular weight excluding hydrogens is 450 g/mol. The monoisotopic (exact) mass is 476 g/mol. The molecule has 4 nitrogen and oxygen atoms in total. The minimum atomic E-state index is -0.207. The lowest BCUT2D eigenvalue weighted by Crippen LogP contribution is -2.38. The number of hydrogen-bond acceptors (Lipinski definition) is 3. The summed E-state index contributed by atoms with van der Waals surface area (Å²) in [6, 6.07) is 6.68. The Morgan fingerprint density at radius 2 is 2.20 bits per heavy atom. The molecule has 7 heteroatoms. The molecule has 25 heavy (non-hydrogen) atoms. The first-order chi connectivity index (χ1) is 11.6. The van der Waals surface area contributed by atoms with Gasteiger partial charge in [0.15, 0.2) is 5.96 Å². The zero-order chi connectivity index (χ0) is 17.4. The third-order valence-corrected chi connectivity index (χ3v) is 4.51. The molecule has 0 aliphatic heterocycles. The molecular formula is C18H26FIN4S. The molecule has 2 aromatic rings. The third-order valence-electron chi connectivity index (χ3n) is 3.48. The van der Waals surface area contributed by atoms with E-state index in [0.717, 1.165) is 43.1 Å². The SMILES string of the molecule is CCNC(=NCCCc1nc(C)cs1)N(C)Cc1cccc(F)c1.I. The quantitative estimate of drug-likeness (QED) is 0.281. The fourth-order valence-corrected chi connectivity index (χ4v) is 3.20. The molecule has 0 amide bonds. The number of nitrogens with one attached hydrogen (secondary N) is 1. The van der Waals surface area contributed by atoms with Gasteiger partial charge in [0.25, 0.3) is 0 Å². The molecule has 0 spiro atoms. The van der Waals surface area contributed by atoms with E-state index >= 15 is 0 Å². The lowest BCUT2D eigenvalue weighted by Gasteiger charge is -2.22. The van der Waals surface area contributed by atoms with Crippen LogP contribution >= 0.6 is 35.3 Å². The molecule has 0 aliphatic carbocycles. The second-order valence-corrected chi connectivity index (χ2v) is 6.65. The summed E-state index contributed by atoms with van der Waals surface area (Å²) in [5.41, 5.74) is 2.02. The van der Waals surface area contributed by atoms with Crippen LogP contribution in [0.3, 0.4) is 0 Å². The number of thiazole rings is 1. The fraction of sp³-hybridized carbons (Fsp3) is 0.444. The molecule has 2 rings (SSSR count). The maximum Gasteiger partial charge on any atom is 0.193 e. The first-order valence-corrected chi connectivity index (χ1v) is 9.11. The predicted octanol–water partition coefficient (Wildman–Crippen LogP) is 4.24. The first-order valence-electron chi connectivity index (χ1n) is 8.23. The minimum Gasteiger partial charge on any atom is -0.357 e. The number of benzene rings is 1. The van der Waals surface area contributed by atoms with Gasteiger partial charge in [-0.05, 0) is 38.0 Å². The molecule has 0 aliphatic rings. The zero-order valence-electron chi connectivity index (χ0n) is 15.0. The van der Waals surface area contributed by atoms with E-state index in [0.29, 0.717) is 6.54 Å². The van der Waals surface area contributed by atoms with Crippen molar-refractivity contribution in [2.75, 3.05) is 20.1 Å². The second kappa shape index (κ2) is 11.4. The van der Waals surface area contributed by atoms with Crippen LogP contribution in [-0.4, -0.2) is 36.0 Å². The van der Waals surface area contributed by atoms with Crippen molar-refractivity contribution >= 4 is 41.3 Å². The van der Waals surface area contributed by atoms with E-state index in [1.165, 1.54) is 11.1 Å². The summed E-state index contributed by atoms with van der Waals surface area (Å²) < 4.78 is 13.3. The summed E-state index contributed by atoms with van der Waals surface area (Å²) in [5, 5.41) is 6.54. The van der Waals surface area contributed by atoms with E-state index in [1.54, 1.807) is 23.5 Å². The van der Waals surface area contributed by atoms with Crippen molar-refractivity contribution in [3.05, 3.63) is 51.7 Å². The number of guanidine groups is 1. The van der Waals surface area contributed by atoms with Crippen LogP contribution in [-0.2, 0) is 13.0 Å². The van der Waals surface area contributed by atoms with E-state index in [4.69, 9.17) is 0 Å². The minimum absolute atomic E-state index is 0. The van der Waals surface area contributed by atoms with Crippen LogP contribution in [0.25, 0.3) is 0 Å². The molecule has 0 saturated heterocycles. The number of nitrogens with zero attached hydrogens (tertiary/aromatic N) is 3. The van der Waals surface area contributed by atoms with Crippen molar-refractivity contribution in [3.8, 4) is 0 Å². The second-order valence-electron chi connectivity index (χ2n) is 5.71. The maximum absolute atomic E-state index is 13.3. The normalized spacial score (nSPS) is 11.1. The number of hydrogen-bond donors (Lipinski definition) is 1. The van der Waals surface area contributed by atoms with Gasteiger partial charge in [-0.2, -0.15) is 0 Å². The molecule has 0 bridgehead atoms. The van der Waals surface area contributed by atoms with Crippen molar-refractivity contribution in [2.24, 2.45) is 4.99 Å². The smallest absolute Gasteiger partial charge is 0.193 e. The van der Waals surface area contributed by atoms with Gasteiger partial charge >= 0.3 is 0 Å². The highest BCUT2D eigenvalue weighted by atomic mass is 127. The van der Waals surface area contributed by atoms with Gasteiger partial charge < -0.3 is 10.2 Å². The third kappa shape index (κ3) is 7.68. The van der Waals surface area contributed by atoms with E-state index in [2.05, 4.69) is 20.7 Å². The zero-order valence-corrected chi connectivity index (χ0v) is 18.1. The molecule has 0 atom stereocenters. The summed E-state index contributed by atoms with van der Waals surface area (Å²) in [4.78, 5) is 11.2. The summed E-state index contributed by atoms with van der Waals surface area (Å²) >= 11 is 1.71. The van der Waals surface area contributed by atoms with Crippen LogP contribution in [0.4, 0.5) is 4.39 Å². The molecule has 0 saturated carbocycles. The van der Waals surface area contributed by atoms with E-state index in [9.17, 15) is 4.39 Å². The van der Waals surface area contributed by atoms with Crippen LogP contribution in [0.2, 0.25) is 0 Å². The molecule has 1 aromatic carbocycles. The number of aryl methyl sites for hydroxylation is 2. The lowest BCUT2D eigenvalue weighted by atomic mass is 10.2. The largest absolute Gasteiger partial charge is 0.357 e. The van der Waals surface area contributed by atoms with Crippen LogP contribution in [0.5, 0.6) is 0 Å². The van der Waals surface area contributed by atoms with Gasteiger partial charge in [0.2, 0.25) is 0 Å². The van der Waals surface area contributed by atoms with Crippen molar-refractivity contribution in [2.45, 2.75) is 33.2 Å². The van der Waals surface area contributed by atoms with E-state index in [1.807, 2.05) is 31.9 Å². The average Bonchev–Trinajstić information content (AvgIpc) is 2.95. The van der Waals surface area contributed by atoms with E-state index in [-0.39, 0.29) is 29.8 Å². The standard InChI is InChI=1S/C18H25FN4S.HI/c1-4-20-18(21-10-6-9-17-22-14(2)13-24-17)23(3)12-15-7-5-8-16(19)11-15;/h5,7-8,11,13H,4,6,9-10,12H2,1-3H3,(H,20,21);1H. The van der Waals surface area contributed by atoms with E-state index < -0.39 is 0 Å². The number of aliphatic imine (C=N–C) groups is 1. The number of rotatable bonds is 7. The van der Waals surface area contributed by atoms with Gasteiger partial charge in [-0.15, -0.1) is 35.3 Å². The Morgan fingerprint density at radius 3 is 2.84 bits per heavy atom. The first kappa shape index (κ1) is 21.8. The summed E-state index contributed by atoms with van der Waals surface area (Å²) in [5.74, 6) is 0.638. The van der Waals surface area contributed by atoms with Crippen molar-refractivity contribution in [1.82, 2.24) is 15.2 Å². The number of halogens is 2. The Morgan fingerprint density at radius 1 is 1.40 bits per heavy atom. The Bertz CT molecular complexity index is 675. The Kier molecular flexibility index (Phi) is 9.96. The molecule has 0 unspecified atom stereocenters. The Labute approximate surface area is 170 Å². The summed E-state index contributed by atoms with van der Waals surface area (Å²) in [7, 11) is 1.97. The molecule has 0 radical (unpaired) electrons. The highest BCUT2D eigenvalue weighted by Gasteiger charge is 2.07. The van der Waals surface area contributed by atoms with Gasteiger partial charge in [-0.3, -0.25) is 4.99 Å². The predicted molar refractivity (Wildman–Crippen MR) is 114 cm³/mol. The fourth-order valence-electron chi connectivity index (χ4n) is 2.39. The molecule has 138 valence electrons. The topological polar surface area (TPSA) is 40.5 Å². The van der Waals surface area contributed by atoms with Gasteiger partial charge in [0.1, 0.15) is 5.82 Å². The molecule has 0 fully saturated rings. The summed E-state index contributed by atoms with van der Waals surface area (Å²) in [6.07, 6.45) is 1.92. The van der Waals surface area contributed by atoms with Crippen LogP contribution in [0.15, 0.2) is 34.6 Å².